The van der Waals surface area contributed by atoms with Crippen LogP contribution in [0.25, 0.3) is 0 Å². The van der Waals surface area contributed by atoms with Gasteiger partial charge >= 0.3 is 5.97 Å². The van der Waals surface area contributed by atoms with Crippen LogP contribution in [0.4, 0.5) is 0 Å². The monoisotopic (exact) mass is 304 g/mol. The van der Waals surface area contributed by atoms with E-state index in [2.05, 4.69) is 4.90 Å². The summed E-state index contributed by atoms with van der Waals surface area (Å²) in [6, 6.07) is 0.327. The van der Waals surface area contributed by atoms with E-state index in [1.807, 2.05) is 6.92 Å². The first-order valence-electron chi connectivity index (χ1n) is 7.35. The molecule has 2 unspecified atom stereocenters. The topological polar surface area (TPSA) is 77.9 Å². The molecule has 0 radical (unpaired) electrons. The van der Waals surface area contributed by atoms with Gasteiger partial charge in [0.1, 0.15) is 0 Å². The smallest absolute Gasteiger partial charge is 0.303 e. The third-order valence-electron chi connectivity index (χ3n) is 4.28. The van der Waals surface area contributed by atoms with E-state index in [0.29, 0.717) is 12.6 Å². The molecule has 0 aromatic heterocycles. The lowest BCUT2D eigenvalue weighted by Gasteiger charge is -2.46. The van der Waals surface area contributed by atoms with Crippen molar-refractivity contribution in [3.63, 3.8) is 0 Å². The number of sulfonamides is 1. The van der Waals surface area contributed by atoms with Crippen molar-refractivity contribution >= 4 is 16.0 Å². The Morgan fingerprint density at radius 1 is 1.30 bits per heavy atom. The minimum absolute atomic E-state index is 0.0146. The van der Waals surface area contributed by atoms with E-state index in [-0.39, 0.29) is 24.6 Å². The molecule has 2 saturated heterocycles. The minimum Gasteiger partial charge on any atom is -0.481 e. The van der Waals surface area contributed by atoms with Gasteiger partial charge in [0, 0.05) is 31.6 Å². The second-order valence-corrected chi connectivity index (χ2v) is 7.92. The van der Waals surface area contributed by atoms with Gasteiger partial charge in [-0.3, -0.25) is 9.69 Å². The Balaban J connectivity index is 1.97. The number of rotatable bonds is 5. The first-order valence-corrected chi connectivity index (χ1v) is 8.96. The first kappa shape index (κ1) is 15.7. The molecule has 2 atom stereocenters. The van der Waals surface area contributed by atoms with E-state index < -0.39 is 16.0 Å². The first-order chi connectivity index (χ1) is 9.40. The number of fused-ring (bicyclic) bond motifs is 1. The number of piperazine rings is 1. The van der Waals surface area contributed by atoms with Gasteiger partial charge in [0.15, 0.2) is 0 Å². The highest BCUT2D eigenvalue weighted by Gasteiger charge is 2.38. The molecule has 0 aliphatic carbocycles. The molecule has 6 nitrogen and oxygen atoms in total. The van der Waals surface area contributed by atoms with E-state index in [1.54, 1.807) is 4.31 Å². The Morgan fingerprint density at radius 3 is 2.75 bits per heavy atom. The van der Waals surface area contributed by atoms with Crippen molar-refractivity contribution in [2.75, 3.05) is 25.4 Å². The van der Waals surface area contributed by atoms with Crippen LogP contribution in [0.3, 0.4) is 0 Å². The SMILES string of the molecule is CC1CN2CCCCC2CN1S(=O)(=O)CCCC(=O)O. The van der Waals surface area contributed by atoms with Crippen molar-refractivity contribution in [3.05, 3.63) is 0 Å². The summed E-state index contributed by atoms with van der Waals surface area (Å²) in [6.07, 6.45) is 3.54. The highest BCUT2D eigenvalue weighted by molar-refractivity contribution is 7.89. The molecular formula is C13H24N2O4S. The molecule has 1 N–H and O–H groups in total. The fourth-order valence-electron chi connectivity index (χ4n) is 3.24. The van der Waals surface area contributed by atoms with Crippen molar-refractivity contribution in [2.45, 2.75) is 51.1 Å². The van der Waals surface area contributed by atoms with E-state index in [1.165, 1.54) is 12.8 Å². The molecule has 0 aromatic rings. The molecule has 0 amide bonds. The molecule has 0 bridgehead atoms. The molecule has 2 rings (SSSR count). The fourth-order valence-corrected chi connectivity index (χ4v) is 4.99. The maximum absolute atomic E-state index is 12.4. The van der Waals surface area contributed by atoms with Gasteiger partial charge in [-0.25, -0.2) is 8.42 Å². The van der Waals surface area contributed by atoms with Gasteiger partial charge in [0.05, 0.1) is 5.75 Å². The number of hydrogen-bond acceptors (Lipinski definition) is 4. The largest absolute Gasteiger partial charge is 0.481 e. The minimum atomic E-state index is -3.34. The number of carbonyl (C=O) groups is 1. The number of nitrogens with zero attached hydrogens (tertiary/aromatic N) is 2. The molecule has 7 heteroatoms. The van der Waals surface area contributed by atoms with Crippen molar-refractivity contribution in [2.24, 2.45) is 0 Å². The molecule has 2 heterocycles. The molecule has 0 saturated carbocycles. The van der Waals surface area contributed by atoms with Crippen LogP contribution in [0.5, 0.6) is 0 Å². The van der Waals surface area contributed by atoms with Crippen LogP contribution in [0.2, 0.25) is 0 Å². The lowest BCUT2D eigenvalue weighted by Crippen LogP contribution is -2.60. The summed E-state index contributed by atoms with van der Waals surface area (Å²) >= 11 is 0. The van der Waals surface area contributed by atoms with Crippen LogP contribution in [0.15, 0.2) is 0 Å². The van der Waals surface area contributed by atoms with Gasteiger partial charge in [-0.05, 0) is 32.7 Å². The van der Waals surface area contributed by atoms with Crippen molar-refractivity contribution in [3.8, 4) is 0 Å². The van der Waals surface area contributed by atoms with E-state index in [4.69, 9.17) is 5.11 Å². The van der Waals surface area contributed by atoms with Crippen LogP contribution >= 0.6 is 0 Å². The second kappa shape index (κ2) is 6.41. The zero-order valence-corrected chi connectivity index (χ0v) is 12.8. The lowest BCUT2D eigenvalue weighted by atomic mass is 9.99. The lowest BCUT2D eigenvalue weighted by molar-refractivity contribution is -0.137. The van der Waals surface area contributed by atoms with Gasteiger partial charge in [-0.15, -0.1) is 0 Å². The average molecular weight is 304 g/mol. The van der Waals surface area contributed by atoms with Gasteiger partial charge < -0.3 is 5.11 Å². The summed E-state index contributed by atoms with van der Waals surface area (Å²) in [6.45, 7) is 4.38. The van der Waals surface area contributed by atoms with E-state index >= 15 is 0 Å². The maximum Gasteiger partial charge on any atom is 0.303 e. The molecule has 2 aliphatic rings. The summed E-state index contributed by atoms with van der Waals surface area (Å²) in [5, 5.41) is 8.61. The van der Waals surface area contributed by atoms with Crippen LogP contribution < -0.4 is 0 Å². The zero-order valence-electron chi connectivity index (χ0n) is 12.0. The van der Waals surface area contributed by atoms with Crippen molar-refractivity contribution < 1.29 is 18.3 Å². The predicted molar refractivity (Wildman–Crippen MR) is 76.0 cm³/mol. The summed E-state index contributed by atoms with van der Waals surface area (Å²) in [5.41, 5.74) is 0. The number of hydrogen-bond donors (Lipinski definition) is 1. The number of carboxylic acid groups (broad SMARTS) is 1. The third-order valence-corrected chi connectivity index (χ3v) is 6.31. The number of piperidine rings is 1. The standard InChI is InChI=1S/C13H24N2O4S/c1-11-9-14-7-3-2-5-12(14)10-15(11)20(18,19)8-4-6-13(16)17/h11-12H,2-10H2,1H3,(H,16,17). The van der Waals surface area contributed by atoms with Crippen molar-refractivity contribution in [1.82, 2.24) is 9.21 Å². The van der Waals surface area contributed by atoms with Crippen LogP contribution in [-0.2, 0) is 14.8 Å². The third kappa shape index (κ3) is 3.71. The van der Waals surface area contributed by atoms with E-state index in [9.17, 15) is 13.2 Å². The number of aliphatic carboxylic acids is 1. The molecule has 2 aliphatic heterocycles. The summed E-state index contributed by atoms with van der Waals surface area (Å²) in [7, 11) is -3.34. The molecule has 0 spiro atoms. The molecular weight excluding hydrogens is 280 g/mol. The van der Waals surface area contributed by atoms with Crippen LogP contribution in [0, 0.1) is 0 Å². The Morgan fingerprint density at radius 2 is 2.05 bits per heavy atom. The highest BCUT2D eigenvalue weighted by Crippen LogP contribution is 2.26. The van der Waals surface area contributed by atoms with Crippen molar-refractivity contribution in [1.29, 1.82) is 0 Å². The molecule has 116 valence electrons. The Hall–Kier alpha value is -0.660. The quantitative estimate of drug-likeness (QED) is 0.810. The summed E-state index contributed by atoms with van der Waals surface area (Å²) in [4.78, 5) is 12.9. The molecule has 2 fully saturated rings. The van der Waals surface area contributed by atoms with E-state index in [0.717, 1.165) is 19.5 Å². The van der Waals surface area contributed by atoms with Gasteiger partial charge in [0.2, 0.25) is 10.0 Å². The van der Waals surface area contributed by atoms with Gasteiger partial charge in [-0.2, -0.15) is 4.31 Å². The normalized spacial score (nSPS) is 29.1. The van der Waals surface area contributed by atoms with Crippen LogP contribution in [0.1, 0.15) is 39.0 Å². The average Bonchev–Trinajstić information content (AvgIpc) is 2.37. The molecule has 20 heavy (non-hydrogen) atoms. The Kier molecular flexibility index (Phi) is 5.04. The molecule has 0 aromatic carbocycles. The zero-order chi connectivity index (χ0) is 14.8. The number of carboxylic acids is 1. The highest BCUT2D eigenvalue weighted by atomic mass is 32.2. The van der Waals surface area contributed by atoms with Gasteiger partial charge in [0.25, 0.3) is 0 Å². The predicted octanol–water partition coefficient (Wildman–Crippen LogP) is 0.740. The summed E-state index contributed by atoms with van der Waals surface area (Å²) in [5.74, 6) is -0.999. The van der Waals surface area contributed by atoms with Gasteiger partial charge in [-0.1, -0.05) is 6.42 Å². The summed E-state index contributed by atoms with van der Waals surface area (Å²) < 4.78 is 26.3. The second-order valence-electron chi connectivity index (χ2n) is 5.88. The van der Waals surface area contributed by atoms with Crippen LogP contribution in [-0.4, -0.2) is 66.2 Å². The Bertz CT molecular complexity index is 451. The Labute approximate surface area is 120 Å². The fraction of sp³-hybridized carbons (Fsp3) is 0.923. The maximum atomic E-state index is 12.4.